The minimum absolute atomic E-state index is 0.149. The summed E-state index contributed by atoms with van der Waals surface area (Å²) in [5.74, 6) is 0.422. The van der Waals surface area contributed by atoms with E-state index in [4.69, 9.17) is 4.52 Å². The second kappa shape index (κ2) is 7.32. The van der Waals surface area contributed by atoms with E-state index < -0.39 is 12.4 Å². The van der Waals surface area contributed by atoms with Crippen molar-refractivity contribution >= 4 is 5.91 Å². The highest BCUT2D eigenvalue weighted by atomic mass is 19.4. The molecule has 0 saturated carbocycles. The molecule has 1 aliphatic heterocycles. The molecule has 26 heavy (non-hydrogen) atoms. The van der Waals surface area contributed by atoms with Gasteiger partial charge in [0.15, 0.2) is 5.82 Å². The van der Waals surface area contributed by atoms with Crippen LogP contribution in [0.15, 0.2) is 28.8 Å². The number of halogens is 3. The molecule has 7 nitrogen and oxygen atoms in total. The number of alkyl halides is 3. The molecule has 1 fully saturated rings. The topological polar surface area (TPSA) is 80.5 Å². The Morgan fingerprint density at radius 2 is 2.08 bits per heavy atom. The van der Waals surface area contributed by atoms with E-state index in [0.29, 0.717) is 31.3 Å². The number of amides is 1. The van der Waals surface area contributed by atoms with Gasteiger partial charge in [0.05, 0.1) is 12.5 Å². The summed E-state index contributed by atoms with van der Waals surface area (Å²) in [7, 11) is 0. The van der Waals surface area contributed by atoms with E-state index in [1.807, 2.05) is 4.90 Å². The van der Waals surface area contributed by atoms with E-state index in [9.17, 15) is 18.0 Å². The molecule has 0 aliphatic carbocycles. The van der Waals surface area contributed by atoms with Crippen molar-refractivity contribution in [1.82, 2.24) is 20.4 Å². The Kier molecular flexibility index (Phi) is 5.12. The molecule has 1 saturated heterocycles. The minimum atomic E-state index is -4.72. The molecular weight excluding hydrogens is 353 g/mol. The molecule has 140 valence electrons. The largest absolute Gasteiger partial charge is 0.573 e. The van der Waals surface area contributed by atoms with Crippen molar-refractivity contribution in [2.24, 2.45) is 0 Å². The molecule has 1 aromatic heterocycles. The van der Waals surface area contributed by atoms with Crippen LogP contribution in [0.25, 0.3) is 0 Å². The van der Waals surface area contributed by atoms with Gasteiger partial charge in [-0.2, -0.15) is 4.98 Å². The van der Waals surface area contributed by atoms with Gasteiger partial charge in [-0.05, 0) is 24.6 Å². The molecule has 1 amide bonds. The molecule has 1 atom stereocenters. The predicted octanol–water partition coefficient (Wildman–Crippen LogP) is 1.82. The van der Waals surface area contributed by atoms with Crippen LogP contribution in [0, 0.1) is 6.92 Å². The summed E-state index contributed by atoms with van der Waals surface area (Å²) < 4.78 is 45.6. The van der Waals surface area contributed by atoms with Crippen LogP contribution in [0.2, 0.25) is 0 Å². The summed E-state index contributed by atoms with van der Waals surface area (Å²) in [4.78, 5) is 18.3. The van der Waals surface area contributed by atoms with E-state index >= 15 is 0 Å². The van der Waals surface area contributed by atoms with Gasteiger partial charge in [0.1, 0.15) is 5.75 Å². The van der Waals surface area contributed by atoms with Crippen molar-refractivity contribution in [1.29, 1.82) is 0 Å². The standard InChI is InChI=1S/C16H17F3N4O3/c1-10-21-14(26-22-10)8-13-15(24)20-6-7-23(13)9-11-2-4-12(5-3-11)25-16(17,18)19/h2-5,13H,6-9H2,1H3,(H,20,24). The fraction of sp³-hybridized carbons (Fsp3) is 0.438. The van der Waals surface area contributed by atoms with Gasteiger partial charge < -0.3 is 14.6 Å². The maximum atomic E-state index is 12.2. The first-order chi connectivity index (χ1) is 12.3. The smallest absolute Gasteiger partial charge is 0.406 e. The first-order valence-corrected chi connectivity index (χ1v) is 7.96. The number of nitrogens with zero attached hydrogens (tertiary/aromatic N) is 3. The van der Waals surface area contributed by atoms with Crippen LogP contribution in [0.3, 0.4) is 0 Å². The van der Waals surface area contributed by atoms with Crippen molar-refractivity contribution in [2.75, 3.05) is 13.1 Å². The summed E-state index contributed by atoms with van der Waals surface area (Å²) >= 11 is 0. The predicted molar refractivity (Wildman–Crippen MR) is 83.1 cm³/mol. The quantitative estimate of drug-likeness (QED) is 0.865. The average Bonchev–Trinajstić information content (AvgIpc) is 2.96. The highest BCUT2D eigenvalue weighted by Gasteiger charge is 2.32. The van der Waals surface area contributed by atoms with Crippen LogP contribution in [0.5, 0.6) is 5.75 Å². The number of aryl methyl sites for hydroxylation is 1. The lowest BCUT2D eigenvalue weighted by atomic mass is 10.1. The number of ether oxygens (including phenoxy) is 1. The minimum Gasteiger partial charge on any atom is -0.406 e. The Balaban J connectivity index is 1.68. The molecule has 1 N–H and O–H groups in total. The zero-order valence-corrected chi connectivity index (χ0v) is 13.9. The Labute approximate surface area is 147 Å². The monoisotopic (exact) mass is 370 g/mol. The van der Waals surface area contributed by atoms with E-state index in [1.165, 1.54) is 12.1 Å². The average molecular weight is 370 g/mol. The zero-order chi connectivity index (χ0) is 18.7. The lowest BCUT2D eigenvalue weighted by Gasteiger charge is -2.34. The molecule has 2 heterocycles. The highest BCUT2D eigenvalue weighted by molar-refractivity contribution is 5.82. The summed E-state index contributed by atoms with van der Waals surface area (Å²) in [6, 6.07) is 5.10. The first kappa shape index (κ1) is 18.2. The number of aromatic nitrogens is 2. The maximum Gasteiger partial charge on any atom is 0.573 e. The van der Waals surface area contributed by atoms with Crippen molar-refractivity contribution in [3.05, 3.63) is 41.5 Å². The normalized spacial score (nSPS) is 18.6. The van der Waals surface area contributed by atoms with Crippen molar-refractivity contribution in [2.45, 2.75) is 32.3 Å². The van der Waals surface area contributed by atoms with Gasteiger partial charge >= 0.3 is 6.36 Å². The molecule has 1 unspecified atom stereocenters. The van der Waals surface area contributed by atoms with E-state index in [2.05, 4.69) is 20.2 Å². The zero-order valence-electron chi connectivity index (χ0n) is 13.9. The first-order valence-electron chi connectivity index (χ1n) is 7.96. The third-order valence-corrected chi connectivity index (χ3v) is 3.92. The van der Waals surface area contributed by atoms with Crippen LogP contribution >= 0.6 is 0 Å². The van der Waals surface area contributed by atoms with Crippen LogP contribution in [0.1, 0.15) is 17.3 Å². The summed E-state index contributed by atoms with van der Waals surface area (Å²) in [5.41, 5.74) is 0.765. The fourth-order valence-corrected chi connectivity index (χ4v) is 2.79. The molecule has 10 heteroatoms. The molecule has 0 bridgehead atoms. The lowest BCUT2D eigenvalue weighted by molar-refractivity contribution is -0.274. The SMILES string of the molecule is Cc1noc(CC2C(=O)NCCN2Cc2ccc(OC(F)(F)F)cc2)n1. The number of carbonyl (C=O) groups is 1. The number of hydrogen-bond donors (Lipinski definition) is 1. The van der Waals surface area contributed by atoms with Gasteiger partial charge in [0, 0.05) is 19.6 Å². The second-order valence-corrected chi connectivity index (χ2v) is 5.91. The van der Waals surface area contributed by atoms with E-state index in [0.717, 1.165) is 5.56 Å². The van der Waals surface area contributed by atoms with Crippen LogP contribution in [-0.4, -0.2) is 46.4 Å². The molecule has 1 aliphatic rings. The Bertz CT molecular complexity index is 761. The van der Waals surface area contributed by atoms with Crippen molar-refractivity contribution < 1.29 is 27.2 Å². The summed E-state index contributed by atoms with van der Waals surface area (Å²) in [5, 5.41) is 6.51. The molecule has 3 rings (SSSR count). The summed E-state index contributed by atoms with van der Waals surface area (Å²) in [6.45, 7) is 3.19. The number of nitrogens with one attached hydrogen (secondary N) is 1. The summed E-state index contributed by atoms with van der Waals surface area (Å²) in [6.07, 6.45) is -4.46. The number of rotatable bonds is 5. The third kappa shape index (κ3) is 4.72. The third-order valence-electron chi connectivity index (χ3n) is 3.92. The molecule has 0 spiro atoms. The van der Waals surface area contributed by atoms with Gasteiger partial charge in [0.25, 0.3) is 0 Å². The van der Waals surface area contributed by atoms with E-state index in [1.54, 1.807) is 19.1 Å². The van der Waals surface area contributed by atoms with Gasteiger partial charge in [-0.1, -0.05) is 17.3 Å². The Morgan fingerprint density at radius 3 is 2.69 bits per heavy atom. The number of hydrogen-bond acceptors (Lipinski definition) is 6. The van der Waals surface area contributed by atoms with Crippen molar-refractivity contribution in [3.63, 3.8) is 0 Å². The van der Waals surface area contributed by atoms with Gasteiger partial charge in [-0.25, -0.2) is 0 Å². The molecule has 2 aromatic rings. The van der Waals surface area contributed by atoms with Gasteiger partial charge in [-0.3, -0.25) is 9.69 Å². The number of benzene rings is 1. The fourth-order valence-electron chi connectivity index (χ4n) is 2.79. The van der Waals surface area contributed by atoms with Gasteiger partial charge in [0.2, 0.25) is 11.8 Å². The van der Waals surface area contributed by atoms with Crippen LogP contribution < -0.4 is 10.1 Å². The molecule has 1 aromatic carbocycles. The van der Waals surface area contributed by atoms with E-state index in [-0.39, 0.29) is 18.1 Å². The maximum absolute atomic E-state index is 12.2. The lowest BCUT2D eigenvalue weighted by Crippen LogP contribution is -2.55. The van der Waals surface area contributed by atoms with Gasteiger partial charge in [-0.15, -0.1) is 13.2 Å². The van der Waals surface area contributed by atoms with Crippen LogP contribution in [-0.2, 0) is 17.8 Å². The highest BCUT2D eigenvalue weighted by Crippen LogP contribution is 2.23. The molecular formula is C16H17F3N4O3. The van der Waals surface area contributed by atoms with Crippen molar-refractivity contribution in [3.8, 4) is 5.75 Å². The Hall–Kier alpha value is -2.62. The number of carbonyl (C=O) groups excluding carboxylic acids is 1. The molecule has 0 radical (unpaired) electrons. The Morgan fingerprint density at radius 1 is 1.35 bits per heavy atom. The van der Waals surface area contributed by atoms with Crippen LogP contribution in [0.4, 0.5) is 13.2 Å². The second-order valence-electron chi connectivity index (χ2n) is 5.91. The number of piperazine rings is 1.